The summed E-state index contributed by atoms with van der Waals surface area (Å²) in [5.74, 6) is 0. The van der Waals surface area contributed by atoms with Crippen molar-refractivity contribution in [1.82, 2.24) is 0 Å². The van der Waals surface area contributed by atoms with Crippen LogP contribution in [0, 0.1) is 0 Å². The molecule has 0 aliphatic rings. The van der Waals surface area contributed by atoms with Gasteiger partial charge in [-0.15, -0.1) is 0 Å². The fraction of sp³-hybridized carbons (Fsp3) is 0.135. The number of nitrogens with one attached hydrogen (secondary N) is 1. The molecule has 1 nitrogen and oxygen atoms in total. The molecule has 0 radical (unpaired) electrons. The van der Waals surface area contributed by atoms with E-state index in [0.717, 1.165) is 17.8 Å². The van der Waals surface area contributed by atoms with Crippen molar-refractivity contribution < 1.29 is 0 Å². The summed E-state index contributed by atoms with van der Waals surface area (Å²) in [6, 6.07) is 42.5. The first-order chi connectivity index (χ1) is 18.5. The van der Waals surface area contributed by atoms with E-state index in [4.69, 9.17) is 0 Å². The zero-order valence-electron chi connectivity index (χ0n) is 22.2. The summed E-state index contributed by atoms with van der Waals surface area (Å²) >= 11 is 0. The Balaban J connectivity index is 1.29. The van der Waals surface area contributed by atoms with E-state index >= 15 is 0 Å². The van der Waals surface area contributed by atoms with Crippen molar-refractivity contribution >= 4 is 54.5 Å². The van der Waals surface area contributed by atoms with Crippen LogP contribution in [-0.4, -0.2) is 0 Å². The molecule has 0 fully saturated rings. The minimum Gasteiger partial charge on any atom is -0.355 e. The Labute approximate surface area is 224 Å². The summed E-state index contributed by atoms with van der Waals surface area (Å²) in [5.41, 5.74) is 6.48. The molecule has 0 aliphatic carbocycles. The molecule has 38 heavy (non-hydrogen) atoms. The van der Waals surface area contributed by atoms with Gasteiger partial charge in [0.2, 0.25) is 0 Å². The van der Waals surface area contributed by atoms with Crippen molar-refractivity contribution in [1.29, 1.82) is 0 Å². The Morgan fingerprint density at radius 1 is 0.500 bits per heavy atom. The predicted molar refractivity (Wildman–Crippen MR) is 165 cm³/mol. The molecule has 0 unspecified atom stereocenters. The highest BCUT2D eigenvalue weighted by Gasteiger charge is 2.15. The van der Waals surface area contributed by atoms with Crippen molar-refractivity contribution in [2.45, 2.75) is 32.6 Å². The molecule has 0 saturated carbocycles. The smallest absolute Gasteiger partial charge is 0.0464 e. The van der Waals surface area contributed by atoms with Crippen LogP contribution in [0.4, 0.5) is 11.4 Å². The van der Waals surface area contributed by atoms with Gasteiger partial charge in [-0.2, -0.15) is 0 Å². The van der Waals surface area contributed by atoms with E-state index < -0.39 is 0 Å². The van der Waals surface area contributed by atoms with E-state index in [9.17, 15) is 0 Å². The monoisotopic (exact) mass is 489 g/mol. The summed E-state index contributed by atoms with van der Waals surface area (Å²) in [6.07, 6.45) is 0.898. The van der Waals surface area contributed by atoms with Gasteiger partial charge in [0.1, 0.15) is 0 Å². The van der Waals surface area contributed by atoms with Crippen molar-refractivity contribution in [3.8, 4) is 0 Å². The Kier molecular flexibility index (Phi) is 5.16. The van der Waals surface area contributed by atoms with Crippen molar-refractivity contribution in [3.63, 3.8) is 0 Å². The quantitative estimate of drug-likeness (QED) is 0.242. The maximum Gasteiger partial charge on any atom is 0.0464 e. The van der Waals surface area contributed by atoms with Crippen LogP contribution in [-0.2, 0) is 11.8 Å². The second-order valence-corrected chi connectivity index (χ2v) is 11.5. The van der Waals surface area contributed by atoms with Crippen LogP contribution in [0.15, 0.2) is 115 Å². The summed E-state index contributed by atoms with van der Waals surface area (Å²) in [5, 5.41) is 14.3. The molecule has 7 rings (SSSR count). The standard InChI is InChI=1S/C37H31N/c1-37(2,3)29-17-19-30(20-18-29)38-34-22-16-27(31-9-4-5-10-33(31)34)23-28-14-13-26-12-11-24-7-6-8-25-15-21-32(28)36(26)35(24)25/h4-22,38H,23H2,1-3H3. The highest BCUT2D eigenvalue weighted by atomic mass is 14.9. The van der Waals surface area contributed by atoms with Gasteiger partial charge in [-0.05, 0) is 84.4 Å². The van der Waals surface area contributed by atoms with E-state index in [1.54, 1.807) is 0 Å². The van der Waals surface area contributed by atoms with Crippen LogP contribution >= 0.6 is 0 Å². The highest BCUT2D eigenvalue weighted by Crippen LogP contribution is 2.38. The van der Waals surface area contributed by atoms with E-state index in [0.29, 0.717) is 0 Å². The van der Waals surface area contributed by atoms with Crippen LogP contribution in [0.1, 0.15) is 37.5 Å². The van der Waals surface area contributed by atoms with E-state index in [1.165, 1.54) is 59.8 Å². The molecule has 0 amide bonds. The molecule has 0 spiro atoms. The summed E-state index contributed by atoms with van der Waals surface area (Å²) in [7, 11) is 0. The molecule has 1 N–H and O–H groups in total. The van der Waals surface area contributed by atoms with Crippen LogP contribution in [0.25, 0.3) is 43.1 Å². The van der Waals surface area contributed by atoms with Crippen LogP contribution < -0.4 is 5.32 Å². The Bertz CT molecular complexity index is 1920. The van der Waals surface area contributed by atoms with E-state index in [2.05, 4.69) is 141 Å². The van der Waals surface area contributed by atoms with Gasteiger partial charge in [-0.3, -0.25) is 0 Å². The number of rotatable bonds is 4. The van der Waals surface area contributed by atoms with Gasteiger partial charge < -0.3 is 5.32 Å². The Hall–Kier alpha value is -4.36. The largest absolute Gasteiger partial charge is 0.355 e. The third-order valence-corrected chi connectivity index (χ3v) is 8.04. The SMILES string of the molecule is CC(C)(C)c1ccc(Nc2ccc(Cc3ccc4ccc5cccc6ccc3c4c56)c3ccccc23)cc1. The zero-order valence-corrected chi connectivity index (χ0v) is 22.2. The number of hydrogen-bond donors (Lipinski definition) is 1. The lowest BCUT2D eigenvalue weighted by atomic mass is 9.87. The molecule has 0 aliphatic heterocycles. The molecule has 0 atom stereocenters. The first kappa shape index (κ1) is 22.8. The summed E-state index contributed by atoms with van der Waals surface area (Å²) in [4.78, 5) is 0. The van der Waals surface area contributed by atoms with Gasteiger partial charge in [0, 0.05) is 16.8 Å². The number of benzene rings is 7. The van der Waals surface area contributed by atoms with Gasteiger partial charge in [-0.1, -0.05) is 118 Å². The maximum absolute atomic E-state index is 3.68. The fourth-order valence-electron chi connectivity index (χ4n) is 5.99. The topological polar surface area (TPSA) is 12.0 Å². The fourth-order valence-corrected chi connectivity index (χ4v) is 5.99. The second kappa shape index (κ2) is 8.60. The van der Waals surface area contributed by atoms with Crippen LogP contribution in [0.2, 0.25) is 0 Å². The third-order valence-electron chi connectivity index (χ3n) is 8.04. The van der Waals surface area contributed by atoms with Crippen molar-refractivity contribution in [3.05, 3.63) is 132 Å². The van der Waals surface area contributed by atoms with E-state index in [-0.39, 0.29) is 5.41 Å². The van der Waals surface area contributed by atoms with Gasteiger partial charge in [0.05, 0.1) is 0 Å². The van der Waals surface area contributed by atoms with Crippen LogP contribution in [0.3, 0.4) is 0 Å². The third kappa shape index (κ3) is 3.78. The second-order valence-electron chi connectivity index (χ2n) is 11.5. The molecule has 0 saturated heterocycles. The molecule has 7 aromatic rings. The van der Waals surface area contributed by atoms with Gasteiger partial charge in [-0.25, -0.2) is 0 Å². The summed E-state index contributed by atoms with van der Waals surface area (Å²) in [6.45, 7) is 6.76. The predicted octanol–water partition coefficient (Wildman–Crippen LogP) is 10.4. The minimum absolute atomic E-state index is 0.151. The molecule has 7 aromatic carbocycles. The first-order valence-electron chi connectivity index (χ1n) is 13.5. The molecule has 0 heterocycles. The van der Waals surface area contributed by atoms with Crippen molar-refractivity contribution in [2.75, 3.05) is 5.32 Å². The molecule has 184 valence electrons. The Morgan fingerprint density at radius 2 is 1.11 bits per heavy atom. The lowest BCUT2D eigenvalue weighted by Gasteiger charge is -2.20. The lowest BCUT2D eigenvalue weighted by molar-refractivity contribution is 0.590. The zero-order chi connectivity index (χ0) is 25.9. The van der Waals surface area contributed by atoms with Gasteiger partial charge in [0.15, 0.2) is 0 Å². The highest BCUT2D eigenvalue weighted by molar-refractivity contribution is 6.23. The van der Waals surface area contributed by atoms with Gasteiger partial charge >= 0.3 is 0 Å². The molecule has 0 aromatic heterocycles. The number of anilines is 2. The molecular formula is C37H31N. The lowest BCUT2D eigenvalue weighted by Crippen LogP contribution is -2.10. The van der Waals surface area contributed by atoms with E-state index in [1.807, 2.05) is 0 Å². The molecule has 0 bridgehead atoms. The van der Waals surface area contributed by atoms with Crippen LogP contribution in [0.5, 0.6) is 0 Å². The van der Waals surface area contributed by atoms with Gasteiger partial charge in [0.25, 0.3) is 0 Å². The normalized spacial score (nSPS) is 12.2. The number of hydrogen-bond acceptors (Lipinski definition) is 1. The molecular weight excluding hydrogens is 458 g/mol. The maximum atomic E-state index is 3.68. The average molecular weight is 490 g/mol. The van der Waals surface area contributed by atoms with Crippen molar-refractivity contribution in [2.24, 2.45) is 0 Å². The first-order valence-corrected chi connectivity index (χ1v) is 13.5. The summed E-state index contributed by atoms with van der Waals surface area (Å²) < 4.78 is 0. The molecule has 1 heteroatoms. The number of fused-ring (bicyclic) bond motifs is 1. The average Bonchev–Trinajstić information content (AvgIpc) is 2.93. The Morgan fingerprint density at radius 3 is 1.84 bits per heavy atom. The minimum atomic E-state index is 0.151.